The van der Waals surface area contributed by atoms with Gasteiger partial charge in [-0.05, 0) is 45.3 Å². The topological polar surface area (TPSA) is 63.1 Å². The molecule has 0 unspecified atom stereocenters. The summed E-state index contributed by atoms with van der Waals surface area (Å²) in [5.41, 5.74) is 2.75. The standard InChI is InChI=1S/C19H27N5O/c1-4-23-11-5-6-17(23)12-20-19(25)18-13-24(22-21-18)15(3)16-9-7-14(2)8-10-16/h7-10,13,15,17H,4-6,11-12H2,1-3H3,(H,20,25)/t15-,17-/m0/s1. The van der Waals surface area contributed by atoms with E-state index in [9.17, 15) is 4.79 Å². The average molecular weight is 341 g/mol. The average Bonchev–Trinajstić information content (AvgIpc) is 3.29. The lowest BCUT2D eigenvalue weighted by atomic mass is 10.1. The van der Waals surface area contributed by atoms with Crippen molar-refractivity contribution in [2.24, 2.45) is 0 Å². The lowest BCUT2D eigenvalue weighted by molar-refractivity contribution is 0.0936. The van der Waals surface area contributed by atoms with Crippen LogP contribution in [0.25, 0.3) is 0 Å². The van der Waals surface area contributed by atoms with E-state index in [4.69, 9.17) is 0 Å². The molecular formula is C19H27N5O. The molecule has 1 aromatic heterocycles. The molecule has 0 bridgehead atoms. The Kier molecular flexibility index (Phi) is 5.48. The molecule has 6 heteroatoms. The summed E-state index contributed by atoms with van der Waals surface area (Å²) in [6.07, 6.45) is 4.08. The molecule has 0 spiro atoms. The lowest BCUT2D eigenvalue weighted by Crippen LogP contribution is -2.40. The molecule has 1 aromatic carbocycles. The van der Waals surface area contributed by atoms with E-state index in [-0.39, 0.29) is 11.9 Å². The van der Waals surface area contributed by atoms with E-state index in [1.54, 1.807) is 10.9 Å². The van der Waals surface area contributed by atoms with Gasteiger partial charge in [-0.25, -0.2) is 4.68 Å². The quantitative estimate of drug-likeness (QED) is 0.876. The highest BCUT2D eigenvalue weighted by molar-refractivity contribution is 5.91. The first kappa shape index (κ1) is 17.6. The number of likely N-dealkylation sites (N-methyl/N-ethyl adjacent to an activating group) is 1. The van der Waals surface area contributed by atoms with Crippen molar-refractivity contribution >= 4 is 5.91 Å². The minimum absolute atomic E-state index is 0.0417. The Hall–Kier alpha value is -2.21. The minimum atomic E-state index is -0.148. The van der Waals surface area contributed by atoms with E-state index in [1.165, 1.54) is 12.0 Å². The third kappa shape index (κ3) is 4.07. The fraction of sp³-hybridized carbons (Fsp3) is 0.526. The molecule has 6 nitrogen and oxygen atoms in total. The largest absolute Gasteiger partial charge is 0.349 e. The SMILES string of the molecule is CCN1CCC[C@H]1CNC(=O)c1cn([C@@H](C)c2ccc(C)cc2)nn1. The number of carbonyl (C=O) groups is 1. The Morgan fingerprint density at radius 3 is 2.84 bits per heavy atom. The fourth-order valence-electron chi connectivity index (χ4n) is 3.41. The first-order valence-corrected chi connectivity index (χ1v) is 9.09. The summed E-state index contributed by atoms with van der Waals surface area (Å²) in [5.74, 6) is -0.148. The van der Waals surface area contributed by atoms with Gasteiger partial charge in [-0.15, -0.1) is 5.10 Å². The Balaban J connectivity index is 1.60. The third-order valence-electron chi connectivity index (χ3n) is 5.10. The number of likely N-dealkylation sites (tertiary alicyclic amines) is 1. The van der Waals surface area contributed by atoms with Gasteiger partial charge < -0.3 is 5.32 Å². The van der Waals surface area contributed by atoms with Gasteiger partial charge in [0.15, 0.2) is 5.69 Å². The maximum absolute atomic E-state index is 12.4. The molecule has 1 aliphatic rings. The number of nitrogens with one attached hydrogen (secondary N) is 1. The predicted octanol–water partition coefficient (Wildman–Crippen LogP) is 2.41. The van der Waals surface area contributed by atoms with Crippen LogP contribution in [-0.2, 0) is 0 Å². The Labute approximate surface area is 149 Å². The van der Waals surface area contributed by atoms with Crippen molar-refractivity contribution in [3.05, 3.63) is 47.3 Å². The van der Waals surface area contributed by atoms with Crippen molar-refractivity contribution in [2.45, 2.75) is 45.7 Å². The Bertz CT molecular complexity index is 709. The highest BCUT2D eigenvalue weighted by Crippen LogP contribution is 2.18. The van der Waals surface area contributed by atoms with E-state index >= 15 is 0 Å². The van der Waals surface area contributed by atoms with Crippen LogP contribution in [0.5, 0.6) is 0 Å². The second-order valence-electron chi connectivity index (χ2n) is 6.81. The second-order valence-corrected chi connectivity index (χ2v) is 6.81. The van der Waals surface area contributed by atoms with Crippen LogP contribution in [0.4, 0.5) is 0 Å². The number of carbonyl (C=O) groups excluding carboxylic acids is 1. The van der Waals surface area contributed by atoms with Gasteiger partial charge in [-0.1, -0.05) is 42.0 Å². The fourth-order valence-corrected chi connectivity index (χ4v) is 3.41. The number of benzene rings is 1. The molecule has 3 rings (SSSR count). The lowest BCUT2D eigenvalue weighted by Gasteiger charge is -2.22. The number of aryl methyl sites for hydroxylation is 1. The zero-order valence-corrected chi connectivity index (χ0v) is 15.3. The van der Waals surface area contributed by atoms with Crippen LogP contribution in [0.3, 0.4) is 0 Å². The second kappa shape index (κ2) is 7.78. The van der Waals surface area contributed by atoms with Gasteiger partial charge >= 0.3 is 0 Å². The molecule has 134 valence electrons. The molecule has 0 radical (unpaired) electrons. The maximum atomic E-state index is 12.4. The number of hydrogen-bond donors (Lipinski definition) is 1. The molecule has 1 saturated heterocycles. The summed E-state index contributed by atoms with van der Waals surface area (Å²) >= 11 is 0. The first-order chi connectivity index (χ1) is 12.1. The number of nitrogens with zero attached hydrogens (tertiary/aromatic N) is 4. The molecule has 0 aliphatic carbocycles. The van der Waals surface area contributed by atoms with Crippen molar-refractivity contribution in [3.8, 4) is 0 Å². The summed E-state index contributed by atoms with van der Waals surface area (Å²) in [5, 5.41) is 11.2. The molecule has 0 saturated carbocycles. The molecule has 2 aromatic rings. The maximum Gasteiger partial charge on any atom is 0.273 e. The van der Waals surface area contributed by atoms with Gasteiger partial charge in [0.2, 0.25) is 0 Å². The molecular weight excluding hydrogens is 314 g/mol. The summed E-state index contributed by atoms with van der Waals surface area (Å²) in [6.45, 7) is 9.12. The number of aromatic nitrogens is 3. The predicted molar refractivity (Wildman–Crippen MR) is 97.6 cm³/mol. The molecule has 2 heterocycles. The molecule has 1 fully saturated rings. The number of amides is 1. The van der Waals surface area contributed by atoms with Crippen molar-refractivity contribution in [3.63, 3.8) is 0 Å². The van der Waals surface area contributed by atoms with E-state index in [2.05, 4.69) is 65.6 Å². The van der Waals surface area contributed by atoms with Crippen LogP contribution in [0.2, 0.25) is 0 Å². The van der Waals surface area contributed by atoms with Gasteiger partial charge in [0.05, 0.1) is 12.2 Å². The van der Waals surface area contributed by atoms with Crippen molar-refractivity contribution < 1.29 is 4.79 Å². The first-order valence-electron chi connectivity index (χ1n) is 9.09. The Morgan fingerprint density at radius 1 is 1.36 bits per heavy atom. The zero-order chi connectivity index (χ0) is 17.8. The smallest absolute Gasteiger partial charge is 0.273 e. The van der Waals surface area contributed by atoms with Crippen molar-refractivity contribution in [1.29, 1.82) is 0 Å². The Morgan fingerprint density at radius 2 is 2.12 bits per heavy atom. The van der Waals surface area contributed by atoms with E-state index in [0.29, 0.717) is 18.3 Å². The van der Waals surface area contributed by atoms with Gasteiger partial charge in [0, 0.05) is 12.6 Å². The molecule has 25 heavy (non-hydrogen) atoms. The monoisotopic (exact) mass is 341 g/mol. The summed E-state index contributed by atoms with van der Waals surface area (Å²) in [7, 11) is 0. The summed E-state index contributed by atoms with van der Waals surface area (Å²) in [6, 6.07) is 8.81. The normalized spacial score (nSPS) is 19.1. The minimum Gasteiger partial charge on any atom is -0.349 e. The number of hydrogen-bond acceptors (Lipinski definition) is 4. The molecule has 1 amide bonds. The van der Waals surface area contributed by atoms with Gasteiger partial charge in [-0.3, -0.25) is 9.69 Å². The summed E-state index contributed by atoms with van der Waals surface area (Å²) in [4.78, 5) is 14.8. The van der Waals surface area contributed by atoms with E-state index < -0.39 is 0 Å². The zero-order valence-electron chi connectivity index (χ0n) is 15.3. The van der Waals surface area contributed by atoms with E-state index in [0.717, 1.165) is 25.1 Å². The highest BCUT2D eigenvalue weighted by Gasteiger charge is 2.24. The third-order valence-corrected chi connectivity index (χ3v) is 5.10. The van der Waals surface area contributed by atoms with Crippen LogP contribution < -0.4 is 5.32 Å². The number of rotatable bonds is 6. The molecule has 1 aliphatic heterocycles. The van der Waals surface area contributed by atoms with Gasteiger partial charge in [0.25, 0.3) is 5.91 Å². The van der Waals surface area contributed by atoms with E-state index in [1.807, 2.05) is 0 Å². The summed E-state index contributed by atoms with van der Waals surface area (Å²) < 4.78 is 1.74. The molecule has 2 atom stereocenters. The van der Waals surface area contributed by atoms with Gasteiger partial charge in [-0.2, -0.15) is 0 Å². The van der Waals surface area contributed by atoms with Crippen LogP contribution in [0.1, 0.15) is 54.3 Å². The van der Waals surface area contributed by atoms with Gasteiger partial charge in [0.1, 0.15) is 0 Å². The van der Waals surface area contributed by atoms with Crippen LogP contribution >= 0.6 is 0 Å². The van der Waals surface area contributed by atoms with Crippen LogP contribution in [0.15, 0.2) is 30.5 Å². The van der Waals surface area contributed by atoms with Crippen LogP contribution in [-0.4, -0.2) is 51.5 Å². The highest BCUT2D eigenvalue weighted by atomic mass is 16.2. The van der Waals surface area contributed by atoms with Crippen molar-refractivity contribution in [1.82, 2.24) is 25.2 Å². The molecule has 1 N–H and O–H groups in total. The van der Waals surface area contributed by atoms with Crippen LogP contribution in [0, 0.1) is 6.92 Å². The van der Waals surface area contributed by atoms with Crippen molar-refractivity contribution in [2.75, 3.05) is 19.6 Å².